The van der Waals surface area contributed by atoms with E-state index in [0.29, 0.717) is 0 Å². The fourth-order valence-corrected chi connectivity index (χ4v) is 1.90. The summed E-state index contributed by atoms with van der Waals surface area (Å²) in [4.78, 5) is 4.62. The van der Waals surface area contributed by atoms with E-state index in [4.69, 9.17) is 0 Å². The molecule has 0 fully saturated rings. The van der Waals surface area contributed by atoms with Gasteiger partial charge in [0.2, 0.25) is 0 Å². The minimum absolute atomic E-state index is 1.09. The fraction of sp³-hybridized carbons (Fsp3) is 0.545. The van der Waals surface area contributed by atoms with E-state index in [1.807, 2.05) is 0 Å². The molecule has 70 valence electrons. The number of aromatic nitrogens is 2. The van der Waals surface area contributed by atoms with E-state index in [2.05, 4.69) is 35.7 Å². The van der Waals surface area contributed by atoms with Crippen LogP contribution in [0, 0.1) is 0 Å². The van der Waals surface area contributed by atoms with Gasteiger partial charge >= 0.3 is 0 Å². The van der Waals surface area contributed by atoms with E-state index >= 15 is 0 Å². The number of hydrogen-bond acceptors (Lipinski definition) is 1. The quantitative estimate of drug-likeness (QED) is 0.676. The first-order valence-electron chi connectivity index (χ1n) is 5.04. The van der Waals surface area contributed by atoms with Crippen molar-refractivity contribution in [3.63, 3.8) is 0 Å². The number of nitrogens with zero attached hydrogens (tertiary/aromatic N) is 2. The minimum Gasteiger partial charge on any atom is -0.335 e. The Morgan fingerprint density at radius 1 is 1.54 bits per heavy atom. The molecule has 0 aliphatic heterocycles. The molecule has 1 aliphatic carbocycles. The first-order chi connectivity index (χ1) is 6.33. The standard InChI is InChI=1S/C11H16N2/c1-3-6-11-12-9-7-4-5-8-10(9)13(11)2/h4,7H,3,5-6,8H2,1-2H3. The summed E-state index contributed by atoms with van der Waals surface area (Å²) in [6.45, 7) is 2.20. The molecular formula is C11H16N2. The Kier molecular flexibility index (Phi) is 2.21. The summed E-state index contributed by atoms with van der Waals surface area (Å²) in [5.74, 6) is 1.24. The maximum absolute atomic E-state index is 4.62. The Balaban J connectivity index is 2.40. The Bertz CT molecular complexity index is 334. The van der Waals surface area contributed by atoms with E-state index < -0.39 is 0 Å². The first kappa shape index (κ1) is 8.54. The van der Waals surface area contributed by atoms with Crippen molar-refractivity contribution in [1.82, 2.24) is 9.55 Å². The van der Waals surface area contributed by atoms with Gasteiger partial charge in [0, 0.05) is 19.2 Å². The van der Waals surface area contributed by atoms with Gasteiger partial charge < -0.3 is 4.57 Å². The second kappa shape index (κ2) is 3.36. The van der Waals surface area contributed by atoms with Crippen LogP contribution in [0.3, 0.4) is 0 Å². The van der Waals surface area contributed by atoms with Crippen LogP contribution in [0.1, 0.15) is 37.0 Å². The molecule has 13 heavy (non-hydrogen) atoms. The molecule has 1 aromatic heterocycles. The number of aryl methyl sites for hydroxylation is 1. The van der Waals surface area contributed by atoms with Crippen molar-refractivity contribution in [1.29, 1.82) is 0 Å². The van der Waals surface area contributed by atoms with Crippen molar-refractivity contribution in [2.45, 2.75) is 32.6 Å². The molecule has 2 rings (SSSR count). The highest BCUT2D eigenvalue weighted by Crippen LogP contribution is 2.19. The molecule has 0 atom stereocenters. The molecule has 1 aliphatic rings. The Morgan fingerprint density at radius 3 is 3.08 bits per heavy atom. The predicted molar refractivity (Wildman–Crippen MR) is 54.6 cm³/mol. The van der Waals surface area contributed by atoms with Crippen molar-refractivity contribution >= 4 is 6.08 Å². The highest BCUT2D eigenvalue weighted by molar-refractivity contribution is 5.51. The third-order valence-corrected chi connectivity index (χ3v) is 2.63. The molecule has 0 saturated heterocycles. The Morgan fingerprint density at radius 2 is 2.38 bits per heavy atom. The van der Waals surface area contributed by atoms with Gasteiger partial charge in [-0.1, -0.05) is 13.0 Å². The summed E-state index contributed by atoms with van der Waals surface area (Å²) in [5.41, 5.74) is 2.60. The zero-order chi connectivity index (χ0) is 9.26. The van der Waals surface area contributed by atoms with E-state index in [1.54, 1.807) is 0 Å². The second-order valence-corrected chi connectivity index (χ2v) is 3.61. The SMILES string of the molecule is CCCc1nc2c(n1C)CCC=C2. The van der Waals surface area contributed by atoms with E-state index in [9.17, 15) is 0 Å². The van der Waals surface area contributed by atoms with Crippen molar-refractivity contribution in [2.75, 3.05) is 0 Å². The maximum atomic E-state index is 4.62. The summed E-state index contributed by atoms with van der Waals surface area (Å²) in [6, 6.07) is 0. The van der Waals surface area contributed by atoms with Crippen molar-refractivity contribution in [3.8, 4) is 0 Å². The summed E-state index contributed by atoms with van der Waals surface area (Å²) in [5, 5.41) is 0. The molecule has 0 saturated carbocycles. The van der Waals surface area contributed by atoms with Crippen LogP contribution in [0.4, 0.5) is 0 Å². The van der Waals surface area contributed by atoms with Gasteiger partial charge in [-0.25, -0.2) is 4.98 Å². The predicted octanol–water partition coefficient (Wildman–Crippen LogP) is 2.33. The average Bonchev–Trinajstić information content (AvgIpc) is 2.46. The summed E-state index contributed by atoms with van der Waals surface area (Å²) in [7, 11) is 2.13. The molecule has 0 radical (unpaired) electrons. The van der Waals surface area contributed by atoms with Gasteiger partial charge in [-0.15, -0.1) is 0 Å². The van der Waals surface area contributed by atoms with Gasteiger partial charge in [-0.2, -0.15) is 0 Å². The molecule has 1 heterocycles. The monoisotopic (exact) mass is 176 g/mol. The molecule has 0 bridgehead atoms. The third kappa shape index (κ3) is 1.41. The van der Waals surface area contributed by atoms with Gasteiger partial charge in [0.25, 0.3) is 0 Å². The lowest BCUT2D eigenvalue weighted by molar-refractivity contribution is 0.722. The highest BCUT2D eigenvalue weighted by Gasteiger charge is 2.13. The normalized spacial score (nSPS) is 14.6. The Labute approximate surface area is 79.3 Å². The minimum atomic E-state index is 1.09. The number of rotatable bonds is 2. The zero-order valence-corrected chi connectivity index (χ0v) is 8.38. The lowest BCUT2D eigenvalue weighted by Crippen LogP contribution is -2.02. The van der Waals surface area contributed by atoms with Crippen LogP contribution >= 0.6 is 0 Å². The summed E-state index contributed by atoms with van der Waals surface area (Å²) in [6.07, 6.45) is 8.95. The largest absolute Gasteiger partial charge is 0.335 e. The number of fused-ring (bicyclic) bond motifs is 1. The first-order valence-corrected chi connectivity index (χ1v) is 5.04. The van der Waals surface area contributed by atoms with Crippen LogP contribution in [0.2, 0.25) is 0 Å². The third-order valence-electron chi connectivity index (χ3n) is 2.63. The molecule has 0 spiro atoms. The second-order valence-electron chi connectivity index (χ2n) is 3.61. The van der Waals surface area contributed by atoms with Crippen molar-refractivity contribution < 1.29 is 0 Å². The van der Waals surface area contributed by atoms with Gasteiger partial charge in [-0.3, -0.25) is 0 Å². The number of allylic oxidation sites excluding steroid dienone is 1. The number of hydrogen-bond donors (Lipinski definition) is 0. The Hall–Kier alpha value is -1.05. The van der Waals surface area contributed by atoms with Crippen LogP contribution in [0.5, 0.6) is 0 Å². The molecule has 1 aromatic rings. The molecule has 2 heteroatoms. The van der Waals surface area contributed by atoms with Crippen LogP contribution in [-0.4, -0.2) is 9.55 Å². The van der Waals surface area contributed by atoms with Crippen LogP contribution in [-0.2, 0) is 19.9 Å². The summed E-state index contributed by atoms with van der Waals surface area (Å²) >= 11 is 0. The van der Waals surface area contributed by atoms with Gasteiger partial charge in [-0.05, 0) is 25.3 Å². The average molecular weight is 176 g/mol. The van der Waals surface area contributed by atoms with Gasteiger partial charge in [0.1, 0.15) is 5.82 Å². The fourth-order valence-electron chi connectivity index (χ4n) is 1.90. The number of imidazole rings is 1. The van der Waals surface area contributed by atoms with Crippen LogP contribution in [0.15, 0.2) is 6.08 Å². The van der Waals surface area contributed by atoms with Gasteiger partial charge in [0.15, 0.2) is 0 Å². The van der Waals surface area contributed by atoms with Crippen LogP contribution in [0.25, 0.3) is 6.08 Å². The zero-order valence-electron chi connectivity index (χ0n) is 8.38. The molecule has 0 amide bonds. The molecule has 0 aromatic carbocycles. The highest BCUT2D eigenvalue weighted by atomic mass is 15.1. The maximum Gasteiger partial charge on any atom is 0.109 e. The lowest BCUT2D eigenvalue weighted by atomic mass is 10.1. The molecular weight excluding hydrogens is 160 g/mol. The van der Waals surface area contributed by atoms with E-state index in [1.165, 1.54) is 23.6 Å². The topological polar surface area (TPSA) is 17.8 Å². The molecule has 0 N–H and O–H groups in total. The van der Waals surface area contributed by atoms with Gasteiger partial charge in [0.05, 0.1) is 5.69 Å². The smallest absolute Gasteiger partial charge is 0.109 e. The van der Waals surface area contributed by atoms with Crippen LogP contribution < -0.4 is 0 Å². The van der Waals surface area contributed by atoms with Crippen molar-refractivity contribution in [3.05, 3.63) is 23.3 Å². The molecule has 2 nitrogen and oxygen atoms in total. The summed E-state index contributed by atoms with van der Waals surface area (Å²) < 4.78 is 2.27. The van der Waals surface area contributed by atoms with E-state index in [0.717, 1.165) is 19.3 Å². The lowest BCUT2D eigenvalue weighted by Gasteiger charge is -2.06. The van der Waals surface area contributed by atoms with E-state index in [-0.39, 0.29) is 0 Å². The van der Waals surface area contributed by atoms with Crippen molar-refractivity contribution in [2.24, 2.45) is 7.05 Å². The molecule has 0 unspecified atom stereocenters.